The van der Waals surface area contributed by atoms with Gasteiger partial charge in [0.25, 0.3) is 0 Å². The summed E-state index contributed by atoms with van der Waals surface area (Å²) in [7, 11) is 1.37. The molecule has 0 spiro atoms. The van der Waals surface area contributed by atoms with E-state index in [0.717, 1.165) is 12.8 Å². The number of carbonyl (C=O) groups is 2. The van der Waals surface area contributed by atoms with Crippen molar-refractivity contribution in [2.45, 2.75) is 25.3 Å². The highest BCUT2D eigenvalue weighted by Gasteiger charge is 2.18. The number of unbranched alkanes of at least 4 members (excludes halogenated alkanes) is 2. The van der Waals surface area contributed by atoms with Crippen molar-refractivity contribution in [2.24, 2.45) is 0 Å². The number of nitrogens with one attached hydrogen (secondary N) is 2. The highest BCUT2D eigenvalue weighted by molar-refractivity contribution is 5.82. The van der Waals surface area contributed by atoms with Crippen LogP contribution in [-0.2, 0) is 9.53 Å². The van der Waals surface area contributed by atoms with E-state index in [4.69, 9.17) is 11.5 Å². The van der Waals surface area contributed by atoms with Gasteiger partial charge >= 0.3 is 12.0 Å². The third kappa shape index (κ3) is 8.11. The molecule has 3 N–H and O–H groups in total. The van der Waals surface area contributed by atoms with Crippen LogP contribution in [0, 0.1) is 12.3 Å². The number of hydrogen-bond acceptors (Lipinski definition) is 3. The second-order valence-electron chi connectivity index (χ2n) is 3.41. The van der Waals surface area contributed by atoms with Crippen molar-refractivity contribution >= 4 is 12.0 Å². The SMILES string of the molecule is C#CCCCCNC(=O)NC(COC)C(=O)O. The van der Waals surface area contributed by atoms with Crippen LogP contribution in [0.3, 0.4) is 0 Å². The second kappa shape index (κ2) is 9.48. The van der Waals surface area contributed by atoms with Gasteiger partial charge in [0.1, 0.15) is 0 Å². The molecule has 2 amide bonds. The minimum Gasteiger partial charge on any atom is -0.480 e. The fourth-order valence-electron chi connectivity index (χ4n) is 1.10. The van der Waals surface area contributed by atoms with Gasteiger partial charge in [0, 0.05) is 20.1 Å². The maximum Gasteiger partial charge on any atom is 0.328 e. The first-order chi connectivity index (χ1) is 8.11. The van der Waals surface area contributed by atoms with Crippen LogP contribution >= 0.6 is 0 Å². The summed E-state index contributed by atoms with van der Waals surface area (Å²) >= 11 is 0. The molecule has 0 rings (SSSR count). The van der Waals surface area contributed by atoms with Crippen molar-refractivity contribution < 1.29 is 19.4 Å². The molecule has 1 unspecified atom stereocenters. The number of carbonyl (C=O) groups excluding carboxylic acids is 1. The van der Waals surface area contributed by atoms with Crippen LogP contribution in [0.1, 0.15) is 19.3 Å². The van der Waals surface area contributed by atoms with Crippen LogP contribution in [0.4, 0.5) is 4.79 Å². The molecule has 17 heavy (non-hydrogen) atoms. The Labute approximate surface area is 101 Å². The van der Waals surface area contributed by atoms with E-state index < -0.39 is 18.0 Å². The van der Waals surface area contributed by atoms with Gasteiger partial charge in [-0.1, -0.05) is 0 Å². The van der Waals surface area contributed by atoms with Gasteiger partial charge in [0.2, 0.25) is 0 Å². The number of aliphatic carboxylic acids is 1. The second-order valence-corrected chi connectivity index (χ2v) is 3.41. The molecule has 96 valence electrons. The summed E-state index contributed by atoms with van der Waals surface area (Å²) in [5, 5.41) is 13.6. The van der Waals surface area contributed by atoms with Crippen LogP contribution in [0.15, 0.2) is 0 Å². The monoisotopic (exact) mass is 242 g/mol. The van der Waals surface area contributed by atoms with Crippen LogP contribution in [-0.4, -0.2) is 43.4 Å². The molecule has 0 aromatic rings. The van der Waals surface area contributed by atoms with Gasteiger partial charge in [0.15, 0.2) is 6.04 Å². The lowest BCUT2D eigenvalue weighted by Gasteiger charge is -2.13. The first-order valence-electron chi connectivity index (χ1n) is 5.31. The van der Waals surface area contributed by atoms with Gasteiger partial charge in [-0.25, -0.2) is 9.59 Å². The standard InChI is InChI=1S/C11H18N2O4/c1-3-4-5-6-7-12-11(16)13-9(8-17-2)10(14)15/h1,9H,4-8H2,2H3,(H,14,15)(H2,12,13,16). The molecule has 0 aromatic heterocycles. The van der Waals surface area contributed by atoms with Crippen LogP contribution in [0.2, 0.25) is 0 Å². The van der Waals surface area contributed by atoms with Crippen molar-refractivity contribution in [1.82, 2.24) is 10.6 Å². The summed E-state index contributed by atoms with van der Waals surface area (Å²) in [6.07, 6.45) is 7.34. The summed E-state index contributed by atoms with van der Waals surface area (Å²) in [6, 6.07) is -1.55. The van der Waals surface area contributed by atoms with Crippen molar-refractivity contribution in [3.8, 4) is 12.3 Å². The molecule has 0 saturated carbocycles. The number of hydrogen-bond donors (Lipinski definition) is 3. The Morgan fingerprint density at radius 3 is 2.71 bits per heavy atom. The Morgan fingerprint density at radius 2 is 2.18 bits per heavy atom. The molecule has 0 aromatic carbocycles. The van der Waals surface area contributed by atoms with E-state index in [1.165, 1.54) is 7.11 Å². The lowest BCUT2D eigenvalue weighted by molar-refractivity contribution is -0.140. The maximum atomic E-state index is 11.3. The third-order valence-electron chi connectivity index (χ3n) is 1.97. The Bertz CT molecular complexity index is 286. The quantitative estimate of drug-likeness (QED) is 0.419. The normalized spacial score (nSPS) is 11.3. The number of ether oxygens (including phenoxy) is 1. The van der Waals surface area contributed by atoms with Crippen LogP contribution in [0.5, 0.6) is 0 Å². The number of methoxy groups -OCH3 is 1. The van der Waals surface area contributed by atoms with Crippen LogP contribution in [0.25, 0.3) is 0 Å². The fourth-order valence-corrected chi connectivity index (χ4v) is 1.10. The highest BCUT2D eigenvalue weighted by Crippen LogP contribution is 1.91. The molecule has 6 heteroatoms. The first-order valence-corrected chi connectivity index (χ1v) is 5.31. The predicted molar refractivity (Wildman–Crippen MR) is 62.5 cm³/mol. The molecule has 0 aliphatic heterocycles. The molecule has 0 aliphatic carbocycles. The summed E-state index contributed by atoms with van der Waals surface area (Å²) < 4.78 is 4.68. The van der Waals surface area contributed by atoms with E-state index in [-0.39, 0.29) is 6.61 Å². The number of amides is 2. The topological polar surface area (TPSA) is 87.7 Å². The largest absolute Gasteiger partial charge is 0.480 e. The minimum atomic E-state index is -1.13. The number of rotatable bonds is 8. The number of terminal acetylenes is 1. The molecule has 1 atom stereocenters. The summed E-state index contributed by atoms with van der Waals surface area (Å²) in [5.41, 5.74) is 0. The van der Waals surface area contributed by atoms with Gasteiger partial charge in [-0.15, -0.1) is 12.3 Å². The Kier molecular flexibility index (Phi) is 8.51. The maximum absolute atomic E-state index is 11.3. The summed E-state index contributed by atoms with van der Waals surface area (Å²) in [5.74, 6) is 1.37. The minimum absolute atomic E-state index is 0.0696. The highest BCUT2D eigenvalue weighted by atomic mass is 16.5. The number of carboxylic acids is 1. The Balaban J connectivity index is 3.75. The molecule has 6 nitrogen and oxygen atoms in total. The van der Waals surface area contributed by atoms with Gasteiger partial charge in [-0.3, -0.25) is 0 Å². The van der Waals surface area contributed by atoms with Crippen molar-refractivity contribution in [2.75, 3.05) is 20.3 Å². The van der Waals surface area contributed by atoms with Gasteiger partial charge in [-0.2, -0.15) is 0 Å². The first kappa shape index (κ1) is 15.3. The van der Waals surface area contributed by atoms with Gasteiger partial charge in [-0.05, 0) is 12.8 Å². The average molecular weight is 242 g/mol. The molecule has 0 radical (unpaired) electrons. The summed E-state index contributed by atoms with van der Waals surface area (Å²) in [4.78, 5) is 22.0. The molecular weight excluding hydrogens is 224 g/mol. The zero-order chi connectivity index (χ0) is 13.1. The zero-order valence-corrected chi connectivity index (χ0v) is 9.86. The van der Waals surface area contributed by atoms with E-state index in [9.17, 15) is 9.59 Å². The molecule has 0 aliphatic rings. The number of carboxylic acid groups (broad SMARTS) is 1. The van der Waals surface area contributed by atoms with Crippen molar-refractivity contribution in [1.29, 1.82) is 0 Å². The van der Waals surface area contributed by atoms with Gasteiger partial charge < -0.3 is 20.5 Å². The van der Waals surface area contributed by atoms with Crippen molar-refractivity contribution in [3.63, 3.8) is 0 Å². The lowest BCUT2D eigenvalue weighted by Crippen LogP contribution is -2.48. The van der Waals surface area contributed by atoms with E-state index >= 15 is 0 Å². The average Bonchev–Trinajstić information content (AvgIpc) is 2.28. The Morgan fingerprint density at radius 1 is 1.47 bits per heavy atom. The Hall–Kier alpha value is -1.74. The molecular formula is C11H18N2O4. The number of urea groups is 1. The predicted octanol–water partition coefficient (Wildman–Crippen LogP) is 0.189. The van der Waals surface area contributed by atoms with Gasteiger partial charge in [0.05, 0.1) is 6.61 Å². The molecule has 0 bridgehead atoms. The zero-order valence-electron chi connectivity index (χ0n) is 9.86. The lowest BCUT2D eigenvalue weighted by atomic mass is 10.2. The summed E-state index contributed by atoms with van der Waals surface area (Å²) in [6.45, 7) is 0.396. The van der Waals surface area contributed by atoms with E-state index in [1.54, 1.807) is 0 Å². The fraction of sp³-hybridized carbons (Fsp3) is 0.636. The van der Waals surface area contributed by atoms with E-state index in [2.05, 4.69) is 21.3 Å². The third-order valence-corrected chi connectivity index (χ3v) is 1.97. The molecule has 0 saturated heterocycles. The van der Waals surface area contributed by atoms with E-state index in [1.807, 2.05) is 0 Å². The molecule has 0 heterocycles. The van der Waals surface area contributed by atoms with Crippen molar-refractivity contribution in [3.05, 3.63) is 0 Å². The molecule has 0 fully saturated rings. The van der Waals surface area contributed by atoms with Crippen LogP contribution < -0.4 is 10.6 Å². The van der Waals surface area contributed by atoms with E-state index in [0.29, 0.717) is 13.0 Å². The smallest absolute Gasteiger partial charge is 0.328 e.